The average Bonchev–Trinajstić information content (AvgIpc) is 2.91. The molecule has 1 aromatic rings. The van der Waals surface area contributed by atoms with E-state index >= 15 is 0 Å². The molecule has 2 amide bonds. The van der Waals surface area contributed by atoms with Gasteiger partial charge < -0.3 is 14.5 Å². The third kappa shape index (κ3) is 5.00. The van der Waals surface area contributed by atoms with E-state index in [9.17, 15) is 9.59 Å². The number of rotatable bonds is 6. The van der Waals surface area contributed by atoms with Gasteiger partial charge in [-0.25, -0.2) is 4.79 Å². The number of unbranched alkanes of at least 4 members (excludes halogenated alkanes) is 1. The fourth-order valence-corrected chi connectivity index (χ4v) is 3.12. The highest BCUT2D eigenvalue weighted by molar-refractivity contribution is 6.31. The van der Waals surface area contributed by atoms with E-state index in [4.69, 9.17) is 16.3 Å². The summed E-state index contributed by atoms with van der Waals surface area (Å²) in [5.41, 5.74) is 1.59. The Bertz CT molecular complexity index is 664. The number of carbonyl (C=O) groups excluding carboxylic acids is 2. The van der Waals surface area contributed by atoms with Gasteiger partial charge in [-0.2, -0.15) is 5.10 Å². The molecule has 1 fully saturated rings. The summed E-state index contributed by atoms with van der Waals surface area (Å²) >= 11 is 6.38. The Hall–Kier alpha value is -2.02. The van der Waals surface area contributed by atoms with Gasteiger partial charge in [0.25, 0.3) is 0 Å². The molecule has 2 rings (SSSR count). The van der Waals surface area contributed by atoms with Crippen LogP contribution in [0.25, 0.3) is 6.08 Å². The second-order valence-electron chi connectivity index (χ2n) is 6.21. The third-order valence-electron chi connectivity index (χ3n) is 4.34. The SMILES string of the molecule is CCCCn1nc(C)c(/C=C/C(=O)N2CCN(C(=O)OCC)CC2)c1Cl. The Kier molecular flexibility index (Phi) is 7.50. The maximum absolute atomic E-state index is 12.4. The van der Waals surface area contributed by atoms with Crippen molar-refractivity contribution in [2.75, 3.05) is 32.8 Å². The molecule has 0 unspecified atom stereocenters. The smallest absolute Gasteiger partial charge is 0.409 e. The minimum atomic E-state index is -0.322. The lowest BCUT2D eigenvalue weighted by Crippen LogP contribution is -2.50. The molecule has 1 aromatic heterocycles. The van der Waals surface area contributed by atoms with E-state index in [1.807, 2.05) is 6.92 Å². The van der Waals surface area contributed by atoms with Crippen molar-refractivity contribution < 1.29 is 14.3 Å². The van der Waals surface area contributed by atoms with Crippen LogP contribution >= 0.6 is 11.6 Å². The molecule has 0 atom stereocenters. The number of piperazine rings is 1. The molecule has 1 aliphatic heterocycles. The Balaban J connectivity index is 1.94. The molecular formula is C18H27ClN4O3. The summed E-state index contributed by atoms with van der Waals surface area (Å²) in [7, 11) is 0. The van der Waals surface area contributed by atoms with Gasteiger partial charge in [-0.15, -0.1) is 0 Å². The van der Waals surface area contributed by atoms with E-state index in [1.54, 1.807) is 27.5 Å². The zero-order chi connectivity index (χ0) is 19.1. The molecule has 0 N–H and O–H groups in total. The van der Waals surface area contributed by atoms with Crippen molar-refractivity contribution in [3.63, 3.8) is 0 Å². The van der Waals surface area contributed by atoms with Crippen molar-refractivity contribution in [3.05, 3.63) is 22.5 Å². The number of nitrogens with zero attached hydrogens (tertiary/aromatic N) is 4. The molecule has 0 bridgehead atoms. The van der Waals surface area contributed by atoms with Crippen LogP contribution in [0.1, 0.15) is 37.9 Å². The molecule has 0 saturated carbocycles. The molecule has 1 aliphatic rings. The number of ether oxygens (including phenoxy) is 1. The van der Waals surface area contributed by atoms with E-state index in [0.29, 0.717) is 37.9 Å². The van der Waals surface area contributed by atoms with Gasteiger partial charge in [0.1, 0.15) is 5.15 Å². The lowest BCUT2D eigenvalue weighted by Gasteiger charge is -2.33. The van der Waals surface area contributed by atoms with Gasteiger partial charge in [-0.3, -0.25) is 9.48 Å². The highest BCUT2D eigenvalue weighted by Gasteiger charge is 2.23. The number of amides is 2. The quantitative estimate of drug-likeness (QED) is 0.709. The zero-order valence-corrected chi connectivity index (χ0v) is 16.5. The molecule has 8 heteroatoms. The maximum atomic E-state index is 12.4. The predicted octanol–water partition coefficient (Wildman–Crippen LogP) is 2.96. The van der Waals surface area contributed by atoms with Gasteiger partial charge in [0.2, 0.25) is 5.91 Å². The van der Waals surface area contributed by atoms with Gasteiger partial charge in [-0.05, 0) is 26.3 Å². The van der Waals surface area contributed by atoms with E-state index < -0.39 is 0 Å². The van der Waals surface area contributed by atoms with E-state index in [0.717, 1.165) is 30.6 Å². The Labute approximate surface area is 159 Å². The van der Waals surface area contributed by atoms with E-state index in [2.05, 4.69) is 12.0 Å². The summed E-state index contributed by atoms with van der Waals surface area (Å²) < 4.78 is 6.77. The fourth-order valence-electron chi connectivity index (χ4n) is 2.80. The first-order valence-corrected chi connectivity index (χ1v) is 9.47. The summed E-state index contributed by atoms with van der Waals surface area (Å²) in [5, 5.41) is 5.00. The number of aromatic nitrogens is 2. The monoisotopic (exact) mass is 382 g/mol. The van der Waals surface area contributed by atoms with E-state index in [-0.39, 0.29) is 12.0 Å². The highest BCUT2D eigenvalue weighted by atomic mass is 35.5. The Morgan fingerprint density at radius 3 is 2.46 bits per heavy atom. The normalized spacial score (nSPS) is 14.9. The Morgan fingerprint density at radius 2 is 1.85 bits per heavy atom. The summed E-state index contributed by atoms with van der Waals surface area (Å²) in [6.45, 7) is 8.85. The minimum absolute atomic E-state index is 0.0923. The molecule has 144 valence electrons. The molecule has 0 spiro atoms. The zero-order valence-electron chi connectivity index (χ0n) is 15.7. The van der Waals surface area contributed by atoms with Gasteiger partial charge in [0, 0.05) is 44.4 Å². The standard InChI is InChI=1S/C18H27ClN4O3/c1-4-6-9-23-17(19)15(14(3)20-23)7-8-16(24)21-10-12-22(13-11-21)18(25)26-5-2/h7-8H,4-6,9-13H2,1-3H3/b8-7+. The third-order valence-corrected chi connectivity index (χ3v) is 4.74. The van der Waals surface area contributed by atoms with Crippen molar-refractivity contribution in [1.29, 1.82) is 0 Å². The molecule has 2 heterocycles. The number of halogens is 1. The van der Waals surface area contributed by atoms with Gasteiger partial charge in [0.15, 0.2) is 0 Å². The van der Waals surface area contributed by atoms with Crippen LogP contribution < -0.4 is 0 Å². The van der Waals surface area contributed by atoms with Gasteiger partial charge in [0.05, 0.1) is 12.3 Å². The molecule has 26 heavy (non-hydrogen) atoms. The Morgan fingerprint density at radius 1 is 1.19 bits per heavy atom. The maximum Gasteiger partial charge on any atom is 0.409 e. The molecular weight excluding hydrogens is 356 g/mol. The summed E-state index contributed by atoms with van der Waals surface area (Å²) in [6.07, 6.45) is 5.01. The van der Waals surface area contributed by atoms with Crippen LogP contribution in [-0.2, 0) is 16.1 Å². The van der Waals surface area contributed by atoms with Crippen LogP contribution in [0, 0.1) is 6.92 Å². The second-order valence-corrected chi connectivity index (χ2v) is 6.57. The minimum Gasteiger partial charge on any atom is -0.450 e. The lowest BCUT2D eigenvalue weighted by atomic mass is 10.2. The summed E-state index contributed by atoms with van der Waals surface area (Å²) in [6, 6.07) is 0. The van der Waals surface area contributed by atoms with Crippen LogP contribution in [0.15, 0.2) is 6.08 Å². The van der Waals surface area contributed by atoms with E-state index in [1.165, 1.54) is 6.08 Å². The van der Waals surface area contributed by atoms with Crippen molar-refractivity contribution in [1.82, 2.24) is 19.6 Å². The van der Waals surface area contributed by atoms with Crippen molar-refractivity contribution in [2.45, 2.75) is 40.2 Å². The van der Waals surface area contributed by atoms with Crippen molar-refractivity contribution >= 4 is 29.7 Å². The lowest BCUT2D eigenvalue weighted by molar-refractivity contribution is -0.127. The number of aryl methyl sites for hydroxylation is 2. The van der Waals surface area contributed by atoms with Crippen molar-refractivity contribution in [2.24, 2.45) is 0 Å². The fraction of sp³-hybridized carbons (Fsp3) is 0.611. The van der Waals surface area contributed by atoms with Crippen LogP contribution in [0.2, 0.25) is 5.15 Å². The van der Waals surface area contributed by atoms with Crippen LogP contribution in [0.5, 0.6) is 0 Å². The van der Waals surface area contributed by atoms with Gasteiger partial charge in [-0.1, -0.05) is 24.9 Å². The predicted molar refractivity (Wildman–Crippen MR) is 101 cm³/mol. The number of carbonyl (C=O) groups is 2. The average molecular weight is 383 g/mol. The van der Waals surface area contributed by atoms with Crippen molar-refractivity contribution in [3.8, 4) is 0 Å². The first kappa shape index (κ1) is 20.3. The highest BCUT2D eigenvalue weighted by Crippen LogP contribution is 2.22. The molecule has 0 radical (unpaired) electrons. The summed E-state index contributed by atoms with van der Waals surface area (Å²) in [4.78, 5) is 27.4. The second kappa shape index (κ2) is 9.62. The first-order chi connectivity index (χ1) is 12.5. The topological polar surface area (TPSA) is 67.7 Å². The molecule has 0 aromatic carbocycles. The number of hydrogen-bond acceptors (Lipinski definition) is 4. The van der Waals surface area contributed by atoms with Gasteiger partial charge >= 0.3 is 6.09 Å². The van der Waals surface area contributed by atoms with Crippen LogP contribution in [0.4, 0.5) is 4.79 Å². The first-order valence-electron chi connectivity index (χ1n) is 9.09. The number of hydrogen-bond donors (Lipinski definition) is 0. The molecule has 0 aliphatic carbocycles. The van der Waals surface area contributed by atoms with Crippen LogP contribution in [0.3, 0.4) is 0 Å². The summed E-state index contributed by atoms with van der Waals surface area (Å²) in [5.74, 6) is -0.0923. The molecule has 1 saturated heterocycles. The largest absolute Gasteiger partial charge is 0.450 e. The molecule has 7 nitrogen and oxygen atoms in total. The van der Waals surface area contributed by atoms with Crippen LogP contribution in [-0.4, -0.2) is 64.4 Å².